The molecule has 28 heavy (non-hydrogen) atoms. The molecule has 0 aliphatic heterocycles. The molecule has 0 fully saturated rings. The van der Waals surface area contributed by atoms with Crippen molar-refractivity contribution in [1.29, 1.82) is 0 Å². The topological polar surface area (TPSA) is 24.8 Å². The molecule has 3 nitrogen and oxygen atoms in total. The van der Waals surface area contributed by atoms with Crippen LogP contribution < -0.4 is 4.74 Å². The van der Waals surface area contributed by atoms with Gasteiger partial charge in [-0.15, -0.1) is 0 Å². The number of hydrogen-bond donors (Lipinski definition) is 0. The van der Waals surface area contributed by atoms with E-state index in [1.807, 2.05) is 44.9 Å². The van der Waals surface area contributed by atoms with Gasteiger partial charge in [0, 0.05) is 18.5 Å². The van der Waals surface area contributed by atoms with Crippen LogP contribution in [0.4, 0.5) is 23.2 Å². The van der Waals surface area contributed by atoms with Gasteiger partial charge in [-0.2, -0.15) is 8.78 Å². The molecule has 0 aromatic heterocycles. The Kier molecular flexibility index (Phi) is 7.35. The van der Waals surface area contributed by atoms with Crippen LogP contribution in [0.15, 0.2) is 46.3 Å². The number of thioether (sulfide) groups is 1. The maximum absolute atomic E-state index is 13.1. The Hall–Kier alpha value is -2.22. The maximum Gasteiger partial charge on any atom is 0.357 e. The molecule has 0 aliphatic carbocycles. The lowest BCUT2D eigenvalue weighted by Crippen LogP contribution is -2.21. The van der Waals surface area contributed by atoms with Gasteiger partial charge in [-0.25, -0.2) is 13.8 Å². The number of aryl methyl sites for hydroxylation is 2. The normalized spacial score (nSPS) is 12.0. The van der Waals surface area contributed by atoms with E-state index < -0.39 is 11.7 Å². The third-order valence-electron chi connectivity index (χ3n) is 3.95. The molecule has 0 amide bonds. The third kappa shape index (κ3) is 5.89. The molecule has 2 rings (SSSR count). The van der Waals surface area contributed by atoms with Crippen molar-refractivity contribution < 1.29 is 22.3 Å². The second kappa shape index (κ2) is 9.32. The van der Waals surface area contributed by atoms with Crippen LogP contribution in [0.5, 0.6) is 11.5 Å². The number of hydrogen-bond acceptors (Lipinski definition) is 3. The molecular weight excluding hydrogens is 392 g/mol. The lowest BCUT2D eigenvalue weighted by Gasteiger charge is -2.15. The van der Waals surface area contributed by atoms with Gasteiger partial charge in [0.15, 0.2) is 0 Å². The summed E-state index contributed by atoms with van der Waals surface area (Å²) in [7, 11) is 1.93. The van der Waals surface area contributed by atoms with Crippen molar-refractivity contribution in [2.75, 3.05) is 13.6 Å². The first-order valence-corrected chi connectivity index (χ1v) is 9.42. The van der Waals surface area contributed by atoms with Gasteiger partial charge in [-0.1, -0.05) is 0 Å². The number of nitrogens with zero attached hydrogens (tertiary/aromatic N) is 2. The van der Waals surface area contributed by atoms with Gasteiger partial charge in [-0.3, -0.25) is 0 Å². The second-order valence-electron chi connectivity index (χ2n) is 6.26. The minimum absolute atomic E-state index is 0.0373. The van der Waals surface area contributed by atoms with Crippen LogP contribution in [0.1, 0.15) is 18.1 Å². The number of rotatable bonds is 8. The Labute approximate surface area is 166 Å². The van der Waals surface area contributed by atoms with Crippen molar-refractivity contribution >= 4 is 23.8 Å². The Balaban J connectivity index is 2.13. The van der Waals surface area contributed by atoms with E-state index in [0.717, 1.165) is 23.4 Å². The highest BCUT2D eigenvalue weighted by atomic mass is 32.2. The largest absolute Gasteiger partial charge is 0.457 e. The zero-order chi connectivity index (χ0) is 20.9. The van der Waals surface area contributed by atoms with Crippen molar-refractivity contribution in [3.05, 3.63) is 47.5 Å². The number of ether oxygens (including phenoxy) is 1. The fourth-order valence-electron chi connectivity index (χ4n) is 2.17. The fourth-order valence-corrected chi connectivity index (χ4v) is 2.85. The van der Waals surface area contributed by atoms with Gasteiger partial charge < -0.3 is 9.64 Å². The predicted molar refractivity (Wildman–Crippen MR) is 106 cm³/mol. The SMILES string of the molecule is CCN(C)/C=N\c1cc(C)c(Oc2ccc(SC(F)(F)C(F)F)cc2)cc1C. The molecule has 0 spiro atoms. The first-order chi connectivity index (χ1) is 13.1. The van der Waals surface area contributed by atoms with E-state index in [4.69, 9.17) is 4.74 Å². The predicted octanol–water partition coefficient (Wildman–Crippen LogP) is 6.66. The second-order valence-corrected chi connectivity index (χ2v) is 7.48. The van der Waals surface area contributed by atoms with Gasteiger partial charge in [0.1, 0.15) is 11.5 Å². The van der Waals surface area contributed by atoms with Crippen LogP contribution in [-0.2, 0) is 0 Å². The number of aliphatic imine (C=N–C) groups is 1. The summed E-state index contributed by atoms with van der Waals surface area (Å²) in [5.74, 6) is 1.03. The molecule has 0 bridgehead atoms. The van der Waals surface area contributed by atoms with Gasteiger partial charge in [0.25, 0.3) is 0 Å². The fraction of sp³-hybridized carbons (Fsp3) is 0.350. The van der Waals surface area contributed by atoms with Gasteiger partial charge in [-0.05, 0) is 80.1 Å². The average molecular weight is 414 g/mol. The standard InChI is InChI=1S/C20H22F4N2OS/c1-5-26(4)12-25-17-10-14(3)18(11-13(17)2)27-15-6-8-16(9-7-15)28-20(23,24)19(21)22/h6-12,19H,5H2,1-4H3/b25-12-. The molecule has 152 valence electrons. The molecule has 0 aliphatic rings. The van der Waals surface area contributed by atoms with Crippen LogP contribution in [0, 0.1) is 13.8 Å². The van der Waals surface area contributed by atoms with Crippen LogP contribution in [-0.4, -0.2) is 36.5 Å². The summed E-state index contributed by atoms with van der Waals surface area (Å²) in [5, 5.41) is -4.13. The van der Waals surface area contributed by atoms with E-state index in [1.54, 1.807) is 6.34 Å². The summed E-state index contributed by atoms with van der Waals surface area (Å²) >= 11 is -0.173. The monoisotopic (exact) mass is 414 g/mol. The molecule has 2 aromatic carbocycles. The summed E-state index contributed by atoms with van der Waals surface area (Å²) in [4.78, 5) is 6.45. The van der Waals surface area contributed by atoms with E-state index >= 15 is 0 Å². The third-order valence-corrected chi connectivity index (χ3v) is 4.90. The van der Waals surface area contributed by atoms with Crippen molar-refractivity contribution in [2.24, 2.45) is 4.99 Å². The summed E-state index contributed by atoms with van der Waals surface area (Å²) in [6, 6.07) is 9.36. The molecule has 0 N–H and O–H groups in total. The van der Waals surface area contributed by atoms with E-state index in [1.165, 1.54) is 24.3 Å². The van der Waals surface area contributed by atoms with Crippen molar-refractivity contribution in [1.82, 2.24) is 4.90 Å². The lowest BCUT2D eigenvalue weighted by molar-refractivity contribution is -0.0563. The van der Waals surface area contributed by atoms with Crippen molar-refractivity contribution in [3.63, 3.8) is 0 Å². The molecule has 0 radical (unpaired) electrons. The molecule has 0 atom stereocenters. The Morgan fingerprint density at radius 2 is 1.79 bits per heavy atom. The highest BCUT2D eigenvalue weighted by molar-refractivity contribution is 8.00. The zero-order valence-electron chi connectivity index (χ0n) is 16.0. The molecule has 0 saturated heterocycles. The summed E-state index contributed by atoms with van der Waals surface area (Å²) < 4.78 is 56.6. The average Bonchev–Trinajstić information content (AvgIpc) is 2.64. The first-order valence-electron chi connectivity index (χ1n) is 8.61. The first kappa shape index (κ1) is 22.1. The smallest absolute Gasteiger partial charge is 0.357 e. The van der Waals surface area contributed by atoms with Gasteiger partial charge in [0.2, 0.25) is 0 Å². The van der Waals surface area contributed by atoms with E-state index in [0.29, 0.717) is 11.5 Å². The van der Waals surface area contributed by atoms with Gasteiger partial charge in [0.05, 0.1) is 12.0 Å². The molecule has 0 heterocycles. The molecule has 0 unspecified atom stereocenters. The highest BCUT2D eigenvalue weighted by Crippen LogP contribution is 2.41. The Morgan fingerprint density at radius 1 is 1.14 bits per heavy atom. The highest BCUT2D eigenvalue weighted by Gasteiger charge is 2.41. The number of alkyl halides is 4. The van der Waals surface area contributed by atoms with Crippen LogP contribution in [0.3, 0.4) is 0 Å². The van der Waals surface area contributed by atoms with E-state index in [2.05, 4.69) is 4.99 Å². The quantitative estimate of drug-likeness (QED) is 0.209. The van der Waals surface area contributed by atoms with E-state index in [-0.39, 0.29) is 16.7 Å². The molecular formula is C20H22F4N2OS. The lowest BCUT2D eigenvalue weighted by atomic mass is 10.1. The maximum atomic E-state index is 13.1. The Bertz CT molecular complexity index is 826. The summed E-state index contributed by atoms with van der Waals surface area (Å²) in [5.41, 5.74) is 2.61. The zero-order valence-corrected chi connectivity index (χ0v) is 16.9. The number of halogens is 4. The van der Waals surface area contributed by atoms with Crippen LogP contribution in [0.25, 0.3) is 0 Å². The summed E-state index contributed by atoms with van der Waals surface area (Å²) in [6.45, 7) is 6.67. The molecule has 2 aromatic rings. The summed E-state index contributed by atoms with van der Waals surface area (Å²) in [6.07, 6.45) is -1.97. The number of benzene rings is 2. The minimum Gasteiger partial charge on any atom is -0.457 e. The van der Waals surface area contributed by atoms with E-state index in [9.17, 15) is 17.6 Å². The molecule has 8 heteroatoms. The van der Waals surface area contributed by atoms with Gasteiger partial charge >= 0.3 is 11.7 Å². The van der Waals surface area contributed by atoms with Crippen molar-refractivity contribution in [2.45, 2.75) is 37.3 Å². The minimum atomic E-state index is -4.13. The molecule has 0 saturated carbocycles. The van der Waals surface area contributed by atoms with Crippen molar-refractivity contribution in [3.8, 4) is 11.5 Å². The Morgan fingerprint density at radius 3 is 2.36 bits per heavy atom. The van der Waals surface area contributed by atoms with Crippen LogP contribution in [0.2, 0.25) is 0 Å². The van der Waals surface area contributed by atoms with Crippen LogP contribution >= 0.6 is 11.8 Å².